The second-order valence-electron chi connectivity index (χ2n) is 6.15. The van der Waals surface area contributed by atoms with Crippen molar-refractivity contribution in [3.05, 3.63) is 40.6 Å². The summed E-state index contributed by atoms with van der Waals surface area (Å²) in [7, 11) is 0. The van der Waals surface area contributed by atoms with Crippen LogP contribution in [0.1, 0.15) is 5.56 Å². The monoisotopic (exact) mass is 381 g/mol. The minimum absolute atomic E-state index is 0.0497. The zero-order valence-electron chi connectivity index (χ0n) is 13.8. The minimum Gasteiger partial charge on any atom is -0.395 e. The molecular formula is C17H17F2N3O3S. The first-order chi connectivity index (χ1) is 12.5. The highest BCUT2D eigenvalue weighted by atomic mass is 32.1. The summed E-state index contributed by atoms with van der Waals surface area (Å²) in [6, 6.07) is 6.58. The average Bonchev–Trinajstić information content (AvgIpc) is 3.21. The zero-order chi connectivity index (χ0) is 18.1. The summed E-state index contributed by atoms with van der Waals surface area (Å²) in [6.07, 6.45) is -3.59. The van der Waals surface area contributed by atoms with Gasteiger partial charge in [0, 0.05) is 38.1 Å². The molecule has 3 heterocycles. The normalized spacial score (nSPS) is 18.8. The van der Waals surface area contributed by atoms with Gasteiger partial charge in [0.05, 0.1) is 5.69 Å². The van der Waals surface area contributed by atoms with Crippen LogP contribution in [0.3, 0.4) is 0 Å². The topological polar surface area (TPSA) is 54.0 Å². The maximum Gasteiger partial charge on any atom is 0.586 e. The molecule has 2 amide bonds. The van der Waals surface area contributed by atoms with Crippen molar-refractivity contribution in [1.29, 1.82) is 0 Å². The van der Waals surface area contributed by atoms with Gasteiger partial charge in [0.25, 0.3) is 0 Å². The largest absolute Gasteiger partial charge is 0.586 e. The molecule has 0 bridgehead atoms. The highest BCUT2D eigenvalue weighted by Gasteiger charge is 2.43. The summed E-state index contributed by atoms with van der Waals surface area (Å²) in [4.78, 5) is 16.2. The molecule has 6 nitrogen and oxygen atoms in total. The Bertz CT molecular complexity index is 793. The Morgan fingerprint density at radius 3 is 2.65 bits per heavy atom. The second-order valence-corrected chi connectivity index (χ2v) is 6.93. The van der Waals surface area contributed by atoms with E-state index in [1.54, 1.807) is 17.0 Å². The molecule has 1 N–H and O–H groups in total. The molecule has 0 unspecified atom stereocenters. The van der Waals surface area contributed by atoms with Crippen LogP contribution in [0.5, 0.6) is 11.5 Å². The quantitative estimate of drug-likeness (QED) is 0.885. The first kappa shape index (κ1) is 17.0. The van der Waals surface area contributed by atoms with Crippen LogP contribution in [-0.4, -0.2) is 48.3 Å². The van der Waals surface area contributed by atoms with Gasteiger partial charge in [-0.3, -0.25) is 4.90 Å². The first-order valence-electron chi connectivity index (χ1n) is 8.18. The van der Waals surface area contributed by atoms with Crippen molar-refractivity contribution >= 4 is 23.1 Å². The standard InChI is InChI=1S/C17H17F2N3O3S/c18-17(19)24-14-2-1-12(9-15(14)25-17)10-21-4-6-22(7-5-21)16(23)20-13-3-8-26-11-13/h1-3,8-9,11H,4-7,10H2,(H,20,23). The molecule has 2 aromatic rings. The van der Waals surface area contributed by atoms with Gasteiger partial charge in [0.15, 0.2) is 11.5 Å². The maximum atomic E-state index is 13.1. The Hall–Kier alpha value is -2.39. The third-order valence-corrected chi connectivity index (χ3v) is 4.99. The zero-order valence-corrected chi connectivity index (χ0v) is 14.6. The van der Waals surface area contributed by atoms with Crippen LogP contribution in [0.2, 0.25) is 0 Å². The van der Waals surface area contributed by atoms with Crippen molar-refractivity contribution in [2.24, 2.45) is 0 Å². The maximum absolute atomic E-state index is 13.1. The lowest BCUT2D eigenvalue weighted by atomic mass is 10.1. The molecule has 0 aliphatic carbocycles. The molecule has 0 saturated carbocycles. The SMILES string of the molecule is O=C(Nc1ccsc1)N1CCN(Cc2ccc3c(c2)OC(F)(F)O3)CC1. The summed E-state index contributed by atoms with van der Waals surface area (Å²) < 4.78 is 35.1. The molecule has 0 radical (unpaired) electrons. The number of halogens is 2. The number of hydrogen-bond acceptors (Lipinski definition) is 5. The number of benzene rings is 1. The number of fused-ring (bicyclic) bond motifs is 1. The highest BCUT2D eigenvalue weighted by Crippen LogP contribution is 2.41. The predicted octanol–water partition coefficient (Wildman–Crippen LogP) is 3.42. The molecule has 138 valence electrons. The smallest absolute Gasteiger partial charge is 0.395 e. The van der Waals surface area contributed by atoms with E-state index in [4.69, 9.17) is 0 Å². The molecule has 2 aliphatic rings. The number of hydrogen-bond donors (Lipinski definition) is 1. The van der Waals surface area contributed by atoms with E-state index in [2.05, 4.69) is 19.7 Å². The number of anilines is 1. The molecule has 1 fully saturated rings. The van der Waals surface area contributed by atoms with Crippen molar-refractivity contribution in [2.45, 2.75) is 12.8 Å². The second kappa shape index (κ2) is 6.73. The van der Waals surface area contributed by atoms with Crippen molar-refractivity contribution < 1.29 is 23.0 Å². The lowest BCUT2D eigenvalue weighted by Crippen LogP contribution is -2.49. The number of alkyl halides is 2. The fourth-order valence-corrected chi connectivity index (χ4v) is 3.59. The van der Waals surface area contributed by atoms with Gasteiger partial charge in [-0.25, -0.2) is 4.79 Å². The number of nitrogens with one attached hydrogen (secondary N) is 1. The molecule has 1 aromatic carbocycles. The lowest BCUT2D eigenvalue weighted by molar-refractivity contribution is -0.286. The van der Waals surface area contributed by atoms with Crippen molar-refractivity contribution in [1.82, 2.24) is 9.80 Å². The molecule has 1 aromatic heterocycles. The van der Waals surface area contributed by atoms with Gasteiger partial charge < -0.3 is 19.7 Å². The van der Waals surface area contributed by atoms with Gasteiger partial charge in [0.2, 0.25) is 0 Å². The molecule has 1 saturated heterocycles. The van der Waals surface area contributed by atoms with Crippen molar-refractivity contribution in [3.63, 3.8) is 0 Å². The van der Waals surface area contributed by atoms with Gasteiger partial charge in [-0.05, 0) is 29.1 Å². The van der Waals surface area contributed by atoms with Crippen LogP contribution >= 0.6 is 11.3 Å². The van der Waals surface area contributed by atoms with Gasteiger partial charge in [-0.15, -0.1) is 8.78 Å². The summed E-state index contributed by atoms with van der Waals surface area (Å²) in [5, 5.41) is 6.67. The van der Waals surface area contributed by atoms with Gasteiger partial charge in [0.1, 0.15) is 0 Å². The van der Waals surface area contributed by atoms with E-state index in [9.17, 15) is 13.6 Å². The van der Waals surface area contributed by atoms with Crippen LogP contribution in [0, 0.1) is 0 Å². The number of piperazine rings is 1. The molecular weight excluding hydrogens is 364 g/mol. The van der Waals surface area contributed by atoms with Crippen molar-refractivity contribution in [3.8, 4) is 11.5 Å². The summed E-state index contributed by atoms with van der Waals surface area (Å²) >= 11 is 1.53. The number of ether oxygens (including phenoxy) is 2. The van der Waals surface area contributed by atoms with E-state index in [1.807, 2.05) is 16.8 Å². The number of carbonyl (C=O) groups is 1. The van der Waals surface area contributed by atoms with Crippen LogP contribution in [0.15, 0.2) is 35.0 Å². The fraction of sp³-hybridized carbons (Fsp3) is 0.353. The number of carbonyl (C=O) groups excluding carboxylic acids is 1. The number of amides is 2. The summed E-state index contributed by atoms with van der Waals surface area (Å²) in [5.74, 6) is 0.106. The van der Waals surface area contributed by atoms with Gasteiger partial charge >= 0.3 is 12.3 Å². The number of urea groups is 1. The number of thiophene rings is 1. The Morgan fingerprint density at radius 2 is 1.92 bits per heavy atom. The van der Waals surface area contributed by atoms with Crippen LogP contribution in [-0.2, 0) is 6.54 Å². The summed E-state index contributed by atoms with van der Waals surface area (Å²) in [5.41, 5.74) is 1.67. The molecule has 0 atom stereocenters. The number of rotatable bonds is 3. The Labute approximate surface area is 152 Å². The Morgan fingerprint density at radius 1 is 1.15 bits per heavy atom. The van der Waals surface area contributed by atoms with E-state index in [0.717, 1.165) is 11.3 Å². The van der Waals surface area contributed by atoms with E-state index >= 15 is 0 Å². The van der Waals surface area contributed by atoms with Crippen LogP contribution in [0.4, 0.5) is 19.3 Å². The van der Waals surface area contributed by atoms with Gasteiger partial charge in [-0.2, -0.15) is 11.3 Å². The Balaban J connectivity index is 1.30. The third-order valence-electron chi connectivity index (χ3n) is 4.30. The van der Waals surface area contributed by atoms with Crippen LogP contribution in [0.25, 0.3) is 0 Å². The molecule has 2 aliphatic heterocycles. The van der Waals surface area contributed by atoms with E-state index in [1.165, 1.54) is 17.4 Å². The minimum atomic E-state index is -3.59. The third kappa shape index (κ3) is 3.73. The van der Waals surface area contributed by atoms with E-state index in [0.29, 0.717) is 32.7 Å². The lowest BCUT2D eigenvalue weighted by Gasteiger charge is -2.34. The highest BCUT2D eigenvalue weighted by molar-refractivity contribution is 7.08. The molecule has 0 spiro atoms. The number of nitrogens with zero attached hydrogens (tertiary/aromatic N) is 2. The van der Waals surface area contributed by atoms with Gasteiger partial charge in [-0.1, -0.05) is 6.07 Å². The fourth-order valence-electron chi connectivity index (χ4n) is 3.00. The van der Waals surface area contributed by atoms with Crippen LogP contribution < -0.4 is 14.8 Å². The van der Waals surface area contributed by atoms with E-state index in [-0.39, 0.29) is 17.5 Å². The summed E-state index contributed by atoms with van der Waals surface area (Å²) in [6.45, 7) is 3.24. The molecule has 26 heavy (non-hydrogen) atoms. The predicted molar refractivity (Wildman–Crippen MR) is 92.8 cm³/mol. The average molecular weight is 381 g/mol. The van der Waals surface area contributed by atoms with Crippen molar-refractivity contribution in [2.75, 3.05) is 31.5 Å². The van der Waals surface area contributed by atoms with E-state index < -0.39 is 6.29 Å². The first-order valence-corrected chi connectivity index (χ1v) is 9.12. The Kier molecular flexibility index (Phi) is 4.41. The molecule has 9 heteroatoms. The molecule has 4 rings (SSSR count).